The van der Waals surface area contributed by atoms with E-state index in [-0.39, 0.29) is 10.3 Å². The maximum absolute atomic E-state index is 5.87. The second kappa shape index (κ2) is 19.7. The molecule has 4 nitrogen and oxygen atoms in total. The maximum atomic E-state index is 5.87. The smallest absolute Gasteiger partial charge is 0.128 e. The van der Waals surface area contributed by atoms with Crippen LogP contribution in [-0.2, 0) is 4.74 Å². The van der Waals surface area contributed by atoms with Gasteiger partial charge in [-0.15, -0.1) is 23.3 Å². The summed E-state index contributed by atoms with van der Waals surface area (Å²) in [5.74, 6) is 1.74. The number of hydrogen-bond acceptors (Lipinski definition) is 8. The zero-order valence-electron chi connectivity index (χ0n) is 21.8. The topological polar surface area (TPSA) is 50.5 Å². The van der Waals surface area contributed by atoms with Gasteiger partial charge in [-0.25, -0.2) is 0 Å². The van der Waals surface area contributed by atoms with E-state index < -0.39 is 0 Å². The first-order valence-corrected chi connectivity index (χ1v) is 14.9. The lowest BCUT2D eigenvalue weighted by Gasteiger charge is -2.34. The van der Waals surface area contributed by atoms with Gasteiger partial charge in [0.1, 0.15) is 6.61 Å². The van der Waals surface area contributed by atoms with Gasteiger partial charge in [-0.05, 0) is 61.1 Å². The van der Waals surface area contributed by atoms with Crippen LogP contribution >= 0.6 is 44.9 Å². The molecule has 0 aromatic carbocycles. The van der Waals surface area contributed by atoms with E-state index in [2.05, 4.69) is 126 Å². The molecule has 0 saturated carbocycles. The van der Waals surface area contributed by atoms with Gasteiger partial charge in [-0.2, -0.15) is 0 Å². The summed E-state index contributed by atoms with van der Waals surface area (Å²) in [5.41, 5.74) is 7.83. The summed E-state index contributed by atoms with van der Waals surface area (Å²) >= 11 is 6.44. The van der Waals surface area contributed by atoms with Crippen molar-refractivity contribution in [3.8, 4) is 0 Å². The lowest BCUT2D eigenvalue weighted by Crippen LogP contribution is -2.41. The first-order valence-electron chi connectivity index (χ1n) is 11.0. The highest BCUT2D eigenvalue weighted by molar-refractivity contribution is 8.77. The average Bonchev–Trinajstić information content (AvgIpc) is 2.92. The zero-order valence-corrected chi connectivity index (χ0v) is 25.2. The summed E-state index contributed by atoms with van der Waals surface area (Å²) in [6.07, 6.45) is 15.1. The van der Waals surface area contributed by atoms with Crippen LogP contribution in [0, 0.1) is 5.92 Å². The molecule has 0 radical (unpaired) electrons. The summed E-state index contributed by atoms with van der Waals surface area (Å²) in [6.45, 7) is 18.2. The van der Waals surface area contributed by atoms with E-state index in [9.17, 15) is 0 Å². The van der Waals surface area contributed by atoms with Crippen molar-refractivity contribution in [3.05, 3.63) is 60.7 Å². The van der Waals surface area contributed by atoms with Gasteiger partial charge in [0.05, 0.1) is 12.0 Å². The second-order valence-corrected chi connectivity index (χ2v) is 12.5. The molecule has 33 heavy (non-hydrogen) atoms. The highest BCUT2D eigenvalue weighted by Gasteiger charge is 2.28. The molecule has 0 fully saturated rings. The Balaban J connectivity index is 0. The number of thiol groups is 2. The fraction of sp³-hybridized carbons (Fsp3) is 0.600. The largest absolute Gasteiger partial charge is 0.496 e. The molecular weight excluding hydrogens is 487 g/mol. The predicted octanol–water partition coefficient (Wildman–Crippen LogP) is 6.88. The van der Waals surface area contributed by atoms with Crippen LogP contribution in [0.3, 0.4) is 0 Å². The molecule has 1 rings (SSSR count). The van der Waals surface area contributed by atoms with E-state index in [4.69, 9.17) is 10.5 Å². The van der Waals surface area contributed by atoms with Crippen molar-refractivity contribution in [2.24, 2.45) is 11.7 Å². The number of nitrogens with one attached hydrogen (secondary N) is 1. The number of hydrogen-bond donors (Lipinski definition) is 4. The molecule has 0 aliphatic heterocycles. The number of ether oxygens (including phenoxy) is 1. The number of allylic oxidation sites excluding steroid dienone is 6. The Morgan fingerprint density at radius 3 is 2.48 bits per heavy atom. The van der Waals surface area contributed by atoms with E-state index in [1.165, 1.54) is 11.8 Å². The van der Waals surface area contributed by atoms with Gasteiger partial charge in [-0.1, -0.05) is 71.0 Å². The molecule has 3 N–H and O–H groups in total. The van der Waals surface area contributed by atoms with Gasteiger partial charge < -0.3 is 20.7 Å². The summed E-state index contributed by atoms with van der Waals surface area (Å²) in [5, 5.41) is 3.40. The molecule has 0 spiro atoms. The van der Waals surface area contributed by atoms with Gasteiger partial charge in [0, 0.05) is 28.8 Å². The number of nitrogens with zero attached hydrogens (tertiary/aromatic N) is 1. The highest BCUT2D eigenvalue weighted by Crippen LogP contribution is 2.40. The van der Waals surface area contributed by atoms with Crippen LogP contribution in [0.2, 0.25) is 0 Å². The standard InChI is InChI=1S/C16H33N3OS2.C9H12.H2S2/c1-8-20-12-14(17)11-18-15(2,3)13-16(4,5)22-21-10-9-19(6)7;1-8-4-3-5-9(2)7-6-8;1-2/h8,11,18H,1,9-10,12-13,17H2,2-7H3;3-8H,1-2H3;1-2H/b14-11-;;. The number of nitrogens with two attached hydrogens (primary N) is 1. The zero-order chi connectivity index (χ0) is 25.9. The summed E-state index contributed by atoms with van der Waals surface area (Å²) in [7, 11) is 8.11. The summed E-state index contributed by atoms with van der Waals surface area (Å²) in [4.78, 5) is 2.21. The fourth-order valence-electron chi connectivity index (χ4n) is 2.86. The molecule has 1 aliphatic carbocycles. The van der Waals surface area contributed by atoms with E-state index >= 15 is 0 Å². The molecule has 1 unspecified atom stereocenters. The van der Waals surface area contributed by atoms with Crippen LogP contribution in [0.25, 0.3) is 0 Å². The third-order valence-corrected chi connectivity index (χ3v) is 7.50. The van der Waals surface area contributed by atoms with E-state index in [1.807, 2.05) is 27.8 Å². The molecule has 8 heteroatoms. The predicted molar refractivity (Wildman–Crippen MR) is 162 cm³/mol. The Morgan fingerprint density at radius 1 is 1.27 bits per heavy atom. The minimum Gasteiger partial charge on any atom is -0.496 e. The van der Waals surface area contributed by atoms with Crippen molar-refractivity contribution in [1.29, 1.82) is 0 Å². The first-order chi connectivity index (χ1) is 15.4. The third-order valence-electron chi connectivity index (χ3n) is 4.23. The summed E-state index contributed by atoms with van der Waals surface area (Å²) < 4.78 is 5.25. The lowest BCUT2D eigenvalue weighted by atomic mass is 9.92. The second-order valence-electron chi connectivity index (χ2n) is 9.38. The van der Waals surface area contributed by atoms with Gasteiger partial charge >= 0.3 is 0 Å². The fourth-order valence-corrected chi connectivity index (χ4v) is 5.73. The Hall–Kier alpha value is -0.540. The molecule has 1 atom stereocenters. The lowest BCUT2D eigenvalue weighted by molar-refractivity contribution is 0.278. The summed E-state index contributed by atoms with van der Waals surface area (Å²) in [6, 6.07) is 0. The SMILES string of the molecule is C=COC/C(N)=C/NC(C)(C)CC(C)(C)SSCCN(C)C.CC1=CC=CC(C)C=C1.SS. The number of rotatable bonds is 12. The van der Waals surface area contributed by atoms with Crippen molar-refractivity contribution in [2.75, 3.05) is 33.0 Å². The van der Waals surface area contributed by atoms with Gasteiger partial charge in [0.2, 0.25) is 0 Å². The Bertz CT molecular complexity index is 642. The Kier molecular flexibility index (Phi) is 20.7. The van der Waals surface area contributed by atoms with Crippen molar-refractivity contribution in [3.63, 3.8) is 0 Å². The molecule has 0 heterocycles. The first kappa shape index (κ1) is 34.6. The van der Waals surface area contributed by atoms with Crippen molar-refractivity contribution in [2.45, 2.75) is 58.2 Å². The Labute approximate surface area is 222 Å². The normalized spacial score (nSPS) is 16.0. The third kappa shape index (κ3) is 23.0. The van der Waals surface area contributed by atoms with Gasteiger partial charge in [0.15, 0.2) is 0 Å². The van der Waals surface area contributed by atoms with Crippen LogP contribution in [-0.4, -0.2) is 48.2 Å². The van der Waals surface area contributed by atoms with Crippen LogP contribution in [0.15, 0.2) is 60.7 Å². The van der Waals surface area contributed by atoms with Crippen LogP contribution in [0.4, 0.5) is 0 Å². The minimum absolute atomic E-state index is 0.0304. The maximum Gasteiger partial charge on any atom is 0.128 e. The van der Waals surface area contributed by atoms with Crippen LogP contribution < -0.4 is 11.1 Å². The van der Waals surface area contributed by atoms with Crippen LogP contribution in [0.1, 0.15) is 48.0 Å². The monoisotopic (exact) mass is 533 g/mol. The molecular formula is C25H47N3OS4. The highest BCUT2D eigenvalue weighted by atomic mass is 33.1. The molecule has 0 bridgehead atoms. The molecule has 0 aromatic rings. The van der Waals surface area contributed by atoms with E-state index in [0.717, 1.165) is 18.7 Å². The van der Waals surface area contributed by atoms with E-state index in [1.54, 1.807) is 0 Å². The van der Waals surface area contributed by atoms with Crippen molar-refractivity contribution < 1.29 is 4.74 Å². The quantitative estimate of drug-likeness (QED) is 0.0949. The van der Waals surface area contributed by atoms with Crippen molar-refractivity contribution >= 4 is 44.9 Å². The molecule has 1 aliphatic rings. The molecule has 192 valence electrons. The minimum atomic E-state index is -0.0304. The van der Waals surface area contributed by atoms with E-state index in [0.29, 0.717) is 18.2 Å². The average molecular weight is 534 g/mol. The van der Waals surface area contributed by atoms with Gasteiger partial charge in [-0.3, -0.25) is 0 Å². The molecule has 0 saturated heterocycles. The molecule has 0 aromatic heterocycles. The van der Waals surface area contributed by atoms with Crippen molar-refractivity contribution in [1.82, 2.24) is 10.2 Å². The molecule has 0 amide bonds. The van der Waals surface area contributed by atoms with Gasteiger partial charge in [0.25, 0.3) is 0 Å². The Morgan fingerprint density at radius 2 is 1.91 bits per heavy atom. The van der Waals surface area contributed by atoms with Crippen LogP contribution in [0.5, 0.6) is 0 Å².